The number of rotatable bonds is 2. The van der Waals surface area contributed by atoms with E-state index >= 15 is 0 Å². The Bertz CT molecular complexity index is 246. The van der Waals surface area contributed by atoms with E-state index in [0.29, 0.717) is 6.54 Å². The third-order valence-corrected chi connectivity index (χ3v) is 1.89. The van der Waals surface area contributed by atoms with E-state index in [-0.39, 0.29) is 6.03 Å². The van der Waals surface area contributed by atoms with Crippen molar-refractivity contribution in [3.05, 3.63) is 11.1 Å². The number of carbonyl (C=O) groups excluding carboxylic acids is 1. The van der Waals surface area contributed by atoms with Crippen LogP contribution in [0.15, 0.2) is 6.20 Å². The molecule has 1 heterocycles. The van der Waals surface area contributed by atoms with Crippen molar-refractivity contribution in [3.63, 3.8) is 0 Å². The lowest BCUT2D eigenvalue weighted by atomic mass is 10.5. The highest BCUT2D eigenvalue weighted by Crippen LogP contribution is 2.00. The van der Waals surface area contributed by atoms with Gasteiger partial charge in [0.1, 0.15) is 0 Å². The van der Waals surface area contributed by atoms with Gasteiger partial charge in [-0.15, -0.1) is 5.10 Å². The fraction of sp³-hybridized carbons (Fsp3) is 0.500. The average Bonchev–Trinajstić information content (AvgIpc) is 2.51. The summed E-state index contributed by atoms with van der Waals surface area (Å²) < 4.78 is 3.67. The first-order valence-electron chi connectivity index (χ1n) is 3.41. The van der Waals surface area contributed by atoms with Crippen LogP contribution in [0, 0.1) is 0 Å². The largest absolute Gasteiger partial charge is 0.333 e. The van der Waals surface area contributed by atoms with Gasteiger partial charge in [-0.05, 0) is 11.5 Å². The second-order valence-corrected chi connectivity index (χ2v) is 3.31. The first-order chi connectivity index (χ1) is 5.70. The molecule has 12 heavy (non-hydrogen) atoms. The Labute approximate surface area is 74.6 Å². The van der Waals surface area contributed by atoms with Gasteiger partial charge in [0, 0.05) is 14.1 Å². The third kappa shape index (κ3) is 2.46. The first kappa shape index (κ1) is 8.92. The molecule has 0 bridgehead atoms. The van der Waals surface area contributed by atoms with E-state index in [0.717, 1.165) is 4.88 Å². The second-order valence-electron chi connectivity index (χ2n) is 2.44. The van der Waals surface area contributed by atoms with Crippen molar-refractivity contribution in [1.29, 1.82) is 0 Å². The fourth-order valence-corrected chi connectivity index (χ4v) is 1.02. The minimum Gasteiger partial charge on any atom is -0.333 e. The van der Waals surface area contributed by atoms with Crippen molar-refractivity contribution in [3.8, 4) is 0 Å². The quantitative estimate of drug-likeness (QED) is 0.723. The van der Waals surface area contributed by atoms with Crippen molar-refractivity contribution in [2.75, 3.05) is 14.1 Å². The lowest BCUT2D eigenvalue weighted by molar-refractivity contribution is 0.217. The molecule has 0 saturated carbocycles. The van der Waals surface area contributed by atoms with E-state index in [1.54, 1.807) is 20.3 Å². The highest BCUT2D eigenvalue weighted by molar-refractivity contribution is 7.05. The van der Waals surface area contributed by atoms with Gasteiger partial charge >= 0.3 is 6.03 Å². The van der Waals surface area contributed by atoms with E-state index < -0.39 is 0 Å². The molecule has 0 aliphatic carbocycles. The summed E-state index contributed by atoms with van der Waals surface area (Å²) >= 11 is 1.28. The number of aromatic nitrogens is 2. The molecular formula is C6H10N4OS. The summed E-state index contributed by atoms with van der Waals surface area (Å²) in [6.45, 7) is 0.495. The van der Waals surface area contributed by atoms with Gasteiger partial charge in [-0.1, -0.05) is 4.49 Å². The molecule has 0 spiro atoms. The average molecular weight is 186 g/mol. The maximum absolute atomic E-state index is 11.0. The maximum Gasteiger partial charge on any atom is 0.317 e. The third-order valence-electron chi connectivity index (χ3n) is 1.23. The molecule has 0 radical (unpaired) electrons. The summed E-state index contributed by atoms with van der Waals surface area (Å²) in [5, 5.41) is 6.35. The predicted octanol–water partition coefficient (Wildman–Crippen LogP) is 0.309. The van der Waals surface area contributed by atoms with E-state index in [1.165, 1.54) is 16.4 Å². The molecule has 0 atom stereocenters. The molecule has 0 unspecified atom stereocenters. The summed E-state index contributed by atoms with van der Waals surface area (Å²) in [6.07, 6.45) is 1.64. The van der Waals surface area contributed by atoms with Gasteiger partial charge in [0.2, 0.25) is 0 Å². The Hall–Kier alpha value is -1.17. The first-order valence-corrected chi connectivity index (χ1v) is 4.19. The molecule has 0 aliphatic rings. The van der Waals surface area contributed by atoms with Crippen LogP contribution < -0.4 is 5.32 Å². The smallest absolute Gasteiger partial charge is 0.317 e. The Morgan fingerprint density at radius 3 is 3.00 bits per heavy atom. The molecule has 1 aromatic heterocycles. The highest BCUT2D eigenvalue weighted by atomic mass is 32.1. The molecular weight excluding hydrogens is 176 g/mol. The number of carbonyl (C=O) groups is 1. The van der Waals surface area contributed by atoms with E-state index in [1.807, 2.05) is 0 Å². The van der Waals surface area contributed by atoms with Crippen molar-refractivity contribution in [2.24, 2.45) is 0 Å². The molecule has 1 rings (SSSR count). The number of amides is 2. The van der Waals surface area contributed by atoms with Gasteiger partial charge in [-0.25, -0.2) is 4.79 Å². The molecule has 0 fully saturated rings. The zero-order valence-electron chi connectivity index (χ0n) is 6.94. The van der Waals surface area contributed by atoms with Gasteiger partial charge < -0.3 is 10.2 Å². The van der Waals surface area contributed by atoms with Crippen LogP contribution in [0.1, 0.15) is 4.88 Å². The normalized spacial score (nSPS) is 9.50. The van der Waals surface area contributed by atoms with Crippen molar-refractivity contribution in [1.82, 2.24) is 19.8 Å². The summed E-state index contributed by atoms with van der Waals surface area (Å²) in [5.74, 6) is 0. The van der Waals surface area contributed by atoms with Gasteiger partial charge in [-0.2, -0.15) is 0 Å². The summed E-state index contributed by atoms with van der Waals surface area (Å²) in [4.78, 5) is 13.4. The van der Waals surface area contributed by atoms with Crippen LogP contribution in [0.3, 0.4) is 0 Å². The molecule has 0 aliphatic heterocycles. The molecule has 2 amide bonds. The maximum atomic E-state index is 11.0. The number of hydrogen-bond acceptors (Lipinski definition) is 4. The van der Waals surface area contributed by atoms with E-state index in [9.17, 15) is 4.79 Å². The van der Waals surface area contributed by atoms with E-state index in [2.05, 4.69) is 14.9 Å². The van der Waals surface area contributed by atoms with Crippen molar-refractivity contribution < 1.29 is 4.79 Å². The van der Waals surface area contributed by atoms with Crippen LogP contribution in [0.4, 0.5) is 4.79 Å². The molecule has 6 heteroatoms. The fourth-order valence-electron chi connectivity index (χ4n) is 0.586. The number of nitrogens with one attached hydrogen (secondary N) is 1. The molecule has 66 valence electrons. The number of urea groups is 1. The molecule has 0 saturated heterocycles. The Morgan fingerprint density at radius 1 is 1.75 bits per heavy atom. The van der Waals surface area contributed by atoms with Gasteiger partial charge in [-0.3, -0.25) is 0 Å². The van der Waals surface area contributed by atoms with Crippen molar-refractivity contribution in [2.45, 2.75) is 6.54 Å². The zero-order chi connectivity index (χ0) is 8.97. The lowest BCUT2D eigenvalue weighted by Gasteiger charge is -2.10. The number of hydrogen-bond donors (Lipinski definition) is 1. The van der Waals surface area contributed by atoms with Gasteiger partial charge in [0.05, 0.1) is 17.6 Å². The van der Waals surface area contributed by atoms with E-state index in [4.69, 9.17) is 0 Å². The van der Waals surface area contributed by atoms with Crippen molar-refractivity contribution >= 4 is 17.6 Å². The van der Waals surface area contributed by atoms with Crippen LogP contribution in [0.25, 0.3) is 0 Å². The highest BCUT2D eigenvalue weighted by Gasteiger charge is 2.02. The topological polar surface area (TPSA) is 58.1 Å². The molecule has 5 nitrogen and oxygen atoms in total. The zero-order valence-corrected chi connectivity index (χ0v) is 7.76. The Kier molecular flexibility index (Phi) is 2.98. The summed E-state index contributed by atoms with van der Waals surface area (Å²) in [6, 6.07) is -0.108. The predicted molar refractivity (Wildman–Crippen MR) is 45.8 cm³/mol. The van der Waals surface area contributed by atoms with Crippen LogP contribution >= 0.6 is 11.5 Å². The second kappa shape index (κ2) is 4.01. The van der Waals surface area contributed by atoms with Crippen LogP contribution in [0.2, 0.25) is 0 Å². The van der Waals surface area contributed by atoms with Gasteiger partial charge in [0.15, 0.2) is 0 Å². The monoisotopic (exact) mass is 186 g/mol. The summed E-state index contributed by atoms with van der Waals surface area (Å²) in [5.41, 5.74) is 0. The SMILES string of the molecule is CN(C)C(=O)NCc1cnns1. The van der Waals surface area contributed by atoms with Crippen LogP contribution in [0.5, 0.6) is 0 Å². The van der Waals surface area contributed by atoms with Crippen LogP contribution in [-0.4, -0.2) is 34.6 Å². The molecule has 1 aromatic rings. The number of nitrogens with zero attached hydrogens (tertiary/aromatic N) is 3. The molecule has 0 aromatic carbocycles. The molecule has 1 N–H and O–H groups in total. The van der Waals surface area contributed by atoms with Gasteiger partial charge in [0.25, 0.3) is 0 Å². The standard InChI is InChI=1S/C6H10N4OS/c1-10(2)6(11)7-3-5-4-8-9-12-5/h4H,3H2,1-2H3,(H,7,11). The minimum absolute atomic E-state index is 0.108. The summed E-state index contributed by atoms with van der Waals surface area (Å²) in [7, 11) is 3.39. The lowest BCUT2D eigenvalue weighted by Crippen LogP contribution is -2.33. The Morgan fingerprint density at radius 2 is 2.50 bits per heavy atom. The van der Waals surface area contributed by atoms with Crippen LogP contribution in [-0.2, 0) is 6.54 Å². The minimum atomic E-state index is -0.108. The Balaban J connectivity index is 2.32.